The van der Waals surface area contributed by atoms with Crippen molar-refractivity contribution in [2.24, 2.45) is 0 Å². The van der Waals surface area contributed by atoms with Crippen LogP contribution in [-0.2, 0) is 0 Å². The molecule has 4 heteroatoms. The van der Waals surface area contributed by atoms with E-state index in [4.69, 9.17) is 11.6 Å². The number of rotatable bonds is 5. The first-order valence-corrected chi connectivity index (χ1v) is 8.18. The van der Waals surface area contributed by atoms with Crippen molar-refractivity contribution in [1.82, 2.24) is 9.80 Å². The maximum atomic E-state index is 10.3. The van der Waals surface area contributed by atoms with Crippen molar-refractivity contribution in [3.63, 3.8) is 0 Å². The third-order valence-corrected chi connectivity index (χ3v) is 5.06. The number of aliphatic hydroxyl groups excluding tert-OH is 1. The molecule has 2 rings (SSSR count). The summed E-state index contributed by atoms with van der Waals surface area (Å²) < 4.78 is 0. The first-order valence-electron chi connectivity index (χ1n) is 7.80. The van der Waals surface area contributed by atoms with Crippen molar-refractivity contribution in [2.45, 2.75) is 38.3 Å². The van der Waals surface area contributed by atoms with Gasteiger partial charge >= 0.3 is 0 Å². The largest absolute Gasteiger partial charge is 0.388 e. The van der Waals surface area contributed by atoms with Crippen LogP contribution in [-0.4, -0.2) is 54.7 Å². The third-order valence-electron chi connectivity index (χ3n) is 4.63. The highest BCUT2D eigenvalue weighted by Crippen LogP contribution is 2.23. The van der Waals surface area contributed by atoms with Gasteiger partial charge in [0.05, 0.1) is 6.10 Å². The Bertz CT molecular complexity index is 458. The van der Waals surface area contributed by atoms with Crippen LogP contribution in [0.15, 0.2) is 18.2 Å². The molecule has 1 aliphatic heterocycles. The van der Waals surface area contributed by atoms with E-state index in [1.807, 2.05) is 25.1 Å². The van der Waals surface area contributed by atoms with Crippen LogP contribution in [0.3, 0.4) is 0 Å². The molecule has 1 unspecified atom stereocenters. The normalized spacial score (nSPS) is 19.1. The molecule has 1 atom stereocenters. The van der Waals surface area contributed by atoms with E-state index in [1.165, 1.54) is 25.9 Å². The number of benzene rings is 1. The van der Waals surface area contributed by atoms with Gasteiger partial charge in [0, 0.05) is 17.6 Å². The van der Waals surface area contributed by atoms with E-state index in [2.05, 4.69) is 23.9 Å². The number of halogens is 1. The number of hydrogen-bond donors (Lipinski definition) is 1. The molecule has 1 fully saturated rings. The Labute approximate surface area is 133 Å². The van der Waals surface area contributed by atoms with Crippen LogP contribution in [0.5, 0.6) is 0 Å². The lowest BCUT2D eigenvalue weighted by Crippen LogP contribution is -2.42. The third kappa shape index (κ3) is 4.68. The minimum absolute atomic E-state index is 0.408. The topological polar surface area (TPSA) is 26.7 Å². The number of aliphatic hydroxyl groups is 1. The molecule has 21 heavy (non-hydrogen) atoms. The van der Waals surface area contributed by atoms with Crippen LogP contribution in [0.25, 0.3) is 0 Å². The van der Waals surface area contributed by atoms with Crippen LogP contribution in [0.1, 0.15) is 36.5 Å². The van der Waals surface area contributed by atoms with E-state index in [0.29, 0.717) is 6.04 Å². The second kappa shape index (κ2) is 7.59. The predicted octanol–water partition coefficient (Wildman–Crippen LogP) is 3.10. The summed E-state index contributed by atoms with van der Waals surface area (Å²) in [6.45, 7) is 5.25. The zero-order valence-corrected chi connectivity index (χ0v) is 14.1. The highest BCUT2D eigenvalue weighted by atomic mass is 35.5. The smallest absolute Gasteiger partial charge is 0.0802 e. The van der Waals surface area contributed by atoms with Gasteiger partial charge in [0.1, 0.15) is 0 Å². The standard InChI is InChI=1S/C17H27ClN2O/c1-13-12-14(4-5-16(13)18)17(21)8-11-20(3)15-6-9-19(2)10-7-15/h4-5,12,15,17,21H,6-11H2,1-3H3. The fraction of sp³-hybridized carbons (Fsp3) is 0.647. The van der Waals surface area contributed by atoms with Crippen molar-refractivity contribution < 1.29 is 5.11 Å². The number of nitrogens with zero attached hydrogens (tertiary/aromatic N) is 2. The van der Waals surface area contributed by atoms with Crippen molar-refractivity contribution >= 4 is 11.6 Å². The molecule has 0 spiro atoms. The summed E-state index contributed by atoms with van der Waals surface area (Å²) in [5.74, 6) is 0. The fourth-order valence-corrected chi connectivity index (χ4v) is 3.10. The monoisotopic (exact) mass is 310 g/mol. The molecular formula is C17H27ClN2O. The molecule has 1 aromatic carbocycles. The summed E-state index contributed by atoms with van der Waals surface area (Å²) in [4.78, 5) is 4.79. The number of aryl methyl sites for hydroxylation is 1. The Balaban J connectivity index is 1.82. The fourth-order valence-electron chi connectivity index (χ4n) is 2.99. The molecule has 1 aromatic rings. The average Bonchev–Trinajstić information content (AvgIpc) is 2.48. The molecule has 1 heterocycles. The lowest BCUT2D eigenvalue weighted by molar-refractivity contribution is 0.110. The predicted molar refractivity (Wildman–Crippen MR) is 88.9 cm³/mol. The van der Waals surface area contributed by atoms with Crippen LogP contribution in [0, 0.1) is 6.92 Å². The highest BCUT2D eigenvalue weighted by molar-refractivity contribution is 6.31. The van der Waals surface area contributed by atoms with Gasteiger partial charge in [0.2, 0.25) is 0 Å². The Morgan fingerprint density at radius 2 is 2.05 bits per heavy atom. The summed E-state index contributed by atoms with van der Waals surface area (Å²) in [5.41, 5.74) is 1.99. The minimum Gasteiger partial charge on any atom is -0.388 e. The summed E-state index contributed by atoms with van der Waals surface area (Å²) in [6.07, 6.45) is 2.81. The molecule has 0 aliphatic carbocycles. The van der Waals surface area contributed by atoms with Crippen LogP contribution >= 0.6 is 11.6 Å². The molecule has 0 amide bonds. The van der Waals surface area contributed by atoms with Crippen molar-refractivity contribution in [3.05, 3.63) is 34.3 Å². The van der Waals surface area contributed by atoms with Gasteiger partial charge in [0.25, 0.3) is 0 Å². The maximum Gasteiger partial charge on any atom is 0.0802 e. The first kappa shape index (κ1) is 16.8. The van der Waals surface area contributed by atoms with Crippen LogP contribution in [0.4, 0.5) is 0 Å². The van der Waals surface area contributed by atoms with E-state index >= 15 is 0 Å². The molecule has 0 saturated carbocycles. The lowest BCUT2D eigenvalue weighted by atomic mass is 10.0. The molecular weight excluding hydrogens is 284 g/mol. The van der Waals surface area contributed by atoms with E-state index in [1.54, 1.807) is 0 Å². The zero-order valence-electron chi connectivity index (χ0n) is 13.3. The Hall–Kier alpha value is -0.610. The summed E-state index contributed by atoms with van der Waals surface area (Å²) in [5, 5.41) is 11.1. The first-order chi connectivity index (χ1) is 9.97. The second-order valence-corrected chi connectivity index (χ2v) is 6.74. The summed E-state index contributed by atoms with van der Waals surface area (Å²) in [7, 11) is 4.36. The van der Waals surface area contributed by atoms with Gasteiger partial charge in [-0.1, -0.05) is 23.7 Å². The van der Waals surface area contributed by atoms with Gasteiger partial charge in [0.15, 0.2) is 0 Å². The Morgan fingerprint density at radius 1 is 1.38 bits per heavy atom. The van der Waals surface area contributed by atoms with E-state index in [0.717, 1.165) is 29.1 Å². The lowest BCUT2D eigenvalue weighted by Gasteiger charge is -2.35. The maximum absolute atomic E-state index is 10.3. The van der Waals surface area contributed by atoms with Crippen molar-refractivity contribution in [3.8, 4) is 0 Å². The SMILES string of the molecule is Cc1cc(C(O)CCN(C)C2CCN(C)CC2)ccc1Cl. The molecule has 1 saturated heterocycles. The van der Waals surface area contributed by atoms with Gasteiger partial charge in [-0.3, -0.25) is 0 Å². The molecule has 0 aromatic heterocycles. The van der Waals surface area contributed by atoms with Gasteiger partial charge in [-0.25, -0.2) is 0 Å². The Morgan fingerprint density at radius 3 is 2.67 bits per heavy atom. The number of piperidine rings is 1. The molecule has 118 valence electrons. The van der Waals surface area contributed by atoms with Gasteiger partial charge in [-0.2, -0.15) is 0 Å². The van der Waals surface area contributed by atoms with E-state index < -0.39 is 6.10 Å². The second-order valence-electron chi connectivity index (χ2n) is 6.33. The quantitative estimate of drug-likeness (QED) is 0.905. The number of hydrogen-bond acceptors (Lipinski definition) is 3. The average molecular weight is 311 g/mol. The van der Waals surface area contributed by atoms with Crippen molar-refractivity contribution in [1.29, 1.82) is 0 Å². The molecule has 1 N–H and O–H groups in total. The van der Waals surface area contributed by atoms with E-state index in [9.17, 15) is 5.11 Å². The van der Waals surface area contributed by atoms with Crippen LogP contribution < -0.4 is 0 Å². The van der Waals surface area contributed by atoms with Gasteiger partial charge < -0.3 is 14.9 Å². The molecule has 0 bridgehead atoms. The molecule has 0 radical (unpaired) electrons. The Kier molecular flexibility index (Phi) is 6.06. The van der Waals surface area contributed by atoms with Gasteiger partial charge in [-0.15, -0.1) is 0 Å². The minimum atomic E-state index is -0.408. The van der Waals surface area contributed by atoms with Crippen molar-refractivity contribution in [2.75, 3.05) is 33.7 Å². The van der Waals surface area contributed by atoms with E-state index in [-0.39, 0.29) is 0 Å². The molecule has 1 aliphatic rings. The molecule has 3 nitrogen and oxygen atoms in total. The zero-order chi connectivity index (χ0) is 15.4. The van der Waals surface area contributed by atoms with Crippen LogP contribution in [0.2, 0.25) is 5.02 Å². The van der Waals surface area contributed by atoms with Gasteiger partial charge in [-0.05, 0) is 70.6 Å². The summed E-state index contributed by atoms with van der Waals surface area (Å²) >= 11 is 6.03. The highest BCUT2D eigenvalue weighted by Gasteiger charge is 2.21. The number of likely N-dealkylation sites (tertiary alicyclic amines) is 1. The summed E-state index contributed by atoms with van der Waals surface area (Å²) in [6, 6.07) is 6.44.